The standard InChI is InChI=1S/C13H13F3N2O3/c1-2-3-6-20-12(19)10(7-17)11-5-4-9(8-18-11)21-13(14,15)16/h4-5,8,10H,2-3,6H2,1H3. The summed E-state index contributed by atoms with van der Waals surface area (Å²) in [5.41, 5.74) is 0.00789. The first kappa shape index (κ1) is 16.8. The number of unbranched alkanes of at least 4 members (excludes halogenated alkanes) is 1. The Morgan fingerprint density at radius 1 is 1.48 bits per heavy atom. The van der Waals surface area contributed by atoms with Crippen molar-refractivity contribution >= 4 is 5.97 Å². The number of carbonyl (C=O) groups is 1. The number of rotatable bonds is 6. The number of carbonyl (C=O) groups excluding carboxylic acids is 1. The lowest BCUT2D eigenvalue weighted by molar-refractivity contribution is -0.274. The van der Waals surface area contributed by atoms with Gasteiger partial charge >= 0.3 is 12.3 Å². The first-order chi connectivity index (χ1) is 9.87. The van der Waals surface area contributed by atoms with Gasteiger partial charge in [-0.05, 0) is 18.6 Å². The predicted octanol–water partition coefficient (Wildman–Crippen LogP) is 2.93. The minimum Gasteiger partial charge on any atom is -0.464 e. The third-order valence-corrected chi connectivity index (χ3v) is 2.40. The van der Waals surface area contributed by atoms with Crippen LogP contribution in [0.15, 0.2) is 18.3 Å². The van der Waals surface area contributed by atoms with Gasteiger partial charge in [0.15, 0.2) is 5.92 Å². The van der Waals surface area contributed by atoms with Gasteiger partial charge in [-0.15, -0.1) is 13.2 Å². The fraction of sp³-hybridized carbons (Fsp3) is 0.462. The second kappa shape index (κ2) is 7.47. The molecule has 114 valence electrons. The molecule has 0 N–H and O–H groups in total. The lowest BCUT2D eigenvalue weighted by Crippen LogP contribution is -2.18. The van der Waals surface area contributed by atoms with Crippen LogP contribution in [0.4, 0.5) is 13.2 Å². The van der Waals surface area contributed by atoms with Gasteiger partial charge in [-0.2, -0.15) is 5.26 Å². The Labute approximate surface area is 119 Å². The minimum absolute atomic E-state index is 0.00789. The third-order valence-electron chi connectivity index (χ3n) is 2.40. The van der Waals surface area contributed by atoms with Crippen LogP contribution in [0.3, 0.4) is 0 Å². The maximum Gasteiger partial charge on any atom is 0.573 e. The smallest absolute Gasteiger partial charge is 0.464 e. The molecule has 21 heavy (non-hydrogen) atoms. The molecule has 0 aliphatic carbocycles. The highest BCUT2D eigenvalue weighted by atomic mass is 19.4. The van der Waals surface area contributed by atoms with Crippen molar-refractivity contribution in [2.45, 2.75) is 32.0 Å². The molecule has 0 spiro atoms. The van der Waals surface area contributed by atoms with E-state index >= 15 is 0 Å². The lowest BCUT2D eigenvalue weighted by Gasteiger charge is -2.11. The van der Waals surface area contributed by atoms with E-state index < -0.39 is 24.0 Å². The molecule has 0 aliphatic rings. The van der Waals surface area contributed by atoms with E-state index in [2.05, 4.69) is 9.72 Å². The van der Waals surface area contributed by atoms with Crippen molar-refractivity contribution in [1.82, 2.24) is 4.98 Å². The number of ether oxygens (including phenoxy) is 2. The molecule has 0 bridgehead atoms. The molecule has 0 aromatic carbocycles. The Kier molecular flexibility index (Phi) is 5.96. The Hall–Kier alpha value is -2.30. The van der Waals surface area contributed by atoms with Crippen LogP contribution in [0.5, 0.6) is 5.75 Å². The summed E-state index contributed by atoms with van der Waals surface area (Å²) in [5.74, 6) is -2.58. The van der Waals surface area contributed by atoms with E-state index in [-0.39, 0.29) is 12.3 Å². The first-order valence-corrected chi connectivity index (χ1v) is 6.15. The Bertz CT molecular complexity index is 509. The van der Waals surface area contributed by atoms with Crippen LogP contribution in [0.2, 0.25) is 0 Å². The molecule has 1 heterocycles. The molecule has 0 saturated carbocycles. The average molecular weight is 302 g/mol. The maximum atomic E-state index is 12.0. The number of alkyl halides is 3. The fourth-order valence-corrected chi connectivity index (χ4v) is 1.40. The summed E-state index contributed by atoms with van der Waals surface area (Å²) >= 11 is 0. The number of aromatic nitrogens is 1. The molecule has 1 atom stereocenters. The van der Waals surface area contributed by atoms with E-state index in [0.717, 1.165) is 24.8 Å². The van der Waals surface area contributed by atoms with Gasteiger partial charge in [0.2, 0.25) is 0 Å². The van der Waals surface area contributed by atoms with Gasteiger partial charge in [-0.3, -0.25) is 9.78 Å². The number of hydrogen-bond acceptors (Lipinski definition) is 5. The first-order valence-electron chi connectivity index (χ1n) is 6.15. The number of pyridine rings is 1. The zero-order valence-electron chi connectivity index (χ0n) is 11.2. The molecule has 1 aromatic rings. The van der Waals surface area contributed by atoms with E-state index in [4.69, 9.17) is 10.00 Å². The highest BCUT2D eigenvalue weighted by Crippen LogP contribution is 2.23. The molecule has 1 unspecified atom stereocenters. The SMILES string of the molecule is CCCCOC(=O)C(C#N)c1ccc(OC(F)(F)F)cn1. The van der Waals surface area contributed by atoms with Crippen LogP contribution in [0.25, 0.3) is 0 Å². The molecule has 0 saturated heterocycles. The quantitative estimate of drug-likeness (QED) is 0.596. The Morgan fingerprint density at radius 2 is 2.19 bits per heavy atom. The predicted molar refractivity (Wildman–Crippen MR) is 65.1 cm³/mol. The molecule has 0 radical (unpaired) electrons. The summed E-state index contributed by atoms with van der Waals surface area (Å²) in [7, 11) is 0. The average Bonchev–Trinajstić information content (AvgIpc) is 2.40. The molecule has 5 nitrogen and oxygen atoms in total. The van der Waals surface area contributed by atoms with Crippen molar-refractivity contribution < 1.29 is 27.4 Å². The van der Waals surface area contributed by atoms with Crippen molar-refractivity contribution in [2.75, 3.05) is 6.61 Å². The lowest BCUT2D eigenvalue weighted by atomic mass is 10.1. The van der Waals surface area contributed by atoms with Crippen LogP contribution in [0.1, 0.15) is 31.4 Å². The zero-order valence-corrected chi connectivity index (χ0v) is 11.2. The Morgan fingerprint density at radius 3 is 2.67 bits per heavy atom. The largest absolute Gasteiger partial charge is 0.573 e. The van der Waals surface area contributed by atoms with Crippen LogP contribution in [-0.4, -0.2) is 23.9 Å². The number of halogens is 3. The van der Waals surface area contributed by atoms with E-state index in [1.807, 2.05) is 6.92 Å². The summed E-state index contributed by atoms with van der Waals surface area (Å²) in [4.78, 5) is 15.3. The van der Waals surface area contributed by atoms with Crippen molar-refractivity contribution in [3.05, 3.63) is 24.0 Å². The van der Waals surface area contributed by atoms with Crippen LogP contribution < -0.4 is 4.74 Å². The number of hydrogen-bond donors (Lipinski definition) is 0. The molecule has 1 aromatic heterocycles. The zero-order chi connectivity index (χ0) is 15.9. The summed E-state index contributed by atoms with van der Waals surface area (Å²) in [6.45, 7) is 2.10. The van der Waals surface area contributed by atoms with Gasteiger partial charge in [-0.25, -0.2) is 0 Å². The van der Waals surface area contributed by atoms with Crippen LogP contribution in [-0.2, 0) is 9.53 Å². The van der Waals surface area contributed by atoms with E-state index in [0.29, 0.717) is 6.42 Å². The normalized spacial score (nSPS) is 12.3. The van der Waals surface area contributed by atoms with Crippen molar-refractivity contribution in [1.29, 1.82) is 5.26 Å². The van der Waals surface area contributed by atoms with Crippen molar-refractivity contribution in [3.63, 3.8) is 0 Å². The summed E-state index contributed by atoms with van der Waals surface area (Å²) in [5, 5.41) is 8.96. The fourth-order valence-electron chi connectivity index (χ4n) is 1.40. The van der Waals surface area contributed by atoms with Gasteiger partial charge < -0.3 is 9.47 Å². The second-order valence-corrected chi connectivity index (χ2v) is 4.05. The molecular weight excluding hydrogens is 289 g/mol. The molecule has 0 amide bonds. The molecular formula is C13H13F3N2O3. The van der Waals surface area contributed by atoms with E-state index in [9.17, 15) is 18.0 Å². The van der Waals surface area contributed by atoms with Crippen molar-refractivity contribution in [3.8, 4) is 11.8 Å². The summed E-state index contributed by atoms with van der Waals surface area (Å²) in [6, 6.07) is 3.82. The summed E-state index contributed by atoms with van der Waals surface area (Å²) in [6.07, 6.45) is -2.54. The molecule has 0 fully saturated rings. The van der Waals surface area contributed by atoms with Crippen molar-refractivity contribution in [2.24, 2.45) is 0 Å². The maximum absolute atomic E-state index is 12.0. The third kappa shape index (κ3) is 5.69. The molecule has 0 aliphatic heterocycles. The summed E-state index contributed by atoms with van der Waals surface area (Å²) < 4.78 is 44.5. The molecule has 1 rings (SSSR count). The number of esters is 1. The van der Waals surface area contributed by atoms with E-state index in [1.165, 1.54) is 0 Å². The van der Waals surface area contributed by atoms with Gasteiger partial charge in [-0.1, -0.05) is 13.3 Å². The van der Waals surface area contributed by atoms with Crippen LogP contribution >= 0.6 is 0 Å². The topological polar surface area (TPSA) is 72.2 Å². The highest BCUT2D eigenvalue weighted by molar-refractivity contribution is 5.80. The minimum atomic E-state index is -4.82. The van der Waals surface area contributed by atoms with Gasteiger partial charge in [0.1, 0.15) is 5.75 Å². The van der Waals surface area contributed by atoms with E-state index in [1.54, 1.807) is 6.07 Å². The second-order valence-electron chi connectivity index (χ2n) is 4.05. The number of nitrogens with zero attached hydrogens (tertiary/aromatic N) is 2. The molecule has 8 heteroatoms. The monoisotopic (exact) mass is 302 g/mol. The Balaban J connectivity index is 2.74. The van der Waals surface area contributed by atoms with Gasteiger partial charge in [0.05, 0.1) is 24.6 Å². The van der Waals surface area contributed by atoms with Gasteiger partial charge in [0, 0.05) is 0 Å². The van der Waals surface area contributed by atoms with Gasteiger partial charge in [0.25, 0.3) is 0 Å². The number of nitriles is 1. The van der Waals surface area contributed by atoms with Crippen LogP contribution in [0, 0.1) is 11.3 Å². The highest BCUT2D eigenvalue weighted by Gasteiger charge is 2.31.